The molecule has 0 aliphatic heterocycles. The van der Waals surface area contributed by atoms with Crippen molar-refractivity contribution in [2.24, 2.45) is 0 Å². The highest BCUT2D eigenvalue weighted by Gasteiger charge is 2.51. The van der Waals surface area contributed by atoms with E-state index in [0.717, 1.165) is 0 Å². The van der Waals surface area contributed by atoms with Crippen LogP contribution in [0.5, 0.6) is 0 Å². The number of carbonyl (C=O) groups excluding carboxylic acids is 6. The number of aryl methyl sites for hydroxylation is 3. The minimum Gasteiger partial charge on any atom is -0.546 e. The molecule has 0 aromatic carbocycles. The lowest BCUT2D eigenvalue weighted by Crippen LogP contribution is -2.36. The molecule has 3 heterocycles. The smallest absolute Gasteiger partial charge is 0.546 e. The fourth-order valence-corrected chi connectivity index (χ4v) is 6.99. The first-order valence-electron chi connectivity index (χ1n) is 15.4. The van der Waals surface area contributed by atoms with Crippen LogP contribution in [-0.4, -0.2) is 65.4 Å². The van der Waals surface area contributed by atoms with Crippen molar-refractivity contribution in [3.8, 4) is 18.2 Å². The van der Waals surface area contributed by atoms with E-state index in [4.69, 9.17) is 11.4 Å². The molecular weight excluding hydrogens is 687 g/mol. The van der Waals surface area contributed by atoms with Crippen molar-refractivity contribution in [3.63, 3.8) is 0 Å². The standard InChI is InChI=1S/3C12H8N2O3.Al/c3*1-6-4-8(12(16)17)14-11-9(15)3-2-7(5-13)10(6)11;/h3*2,4H,3H2,1H3,(H,16,17);/q;;;+3/p-3. The van der Waals surface area contributed by atoms with Gasteiger partial charge in [-0.2, -0.15) is 15.8 Å². The second-order valence-electron chi connectivity index (χ2n) is 11.7. The summed E-state index contributed by atoms with van der Waals surface area (Å²) < 4.78 is 16.3. The number of Topliss-reactive ketones (excluding diaryl/α,β-unsaturated/α-hetero) is 3. The van der Waals surface area contributed by atoms with Gasteiger partial charge >= 0.3 is 33.1 Å². The van der Waals surface area contributed by atoms with E-state index < -0.39 is 67.5 Å². The molecule has 0 saturated heterocycles. The van der Waals surface area contributed by atoms with Crippen LogP contribution in [0, 0.1) is 54.8 Å². The van der Waals surface area contributed by atoms with E-state index in [1.54, 1.807) is 20.8 Å². The normalized spacial score (nSPS) is 14.1. The predicted molar refractivity (Wildman–Crippen MR) is 177 cm³/mol. The first-order chi connectivity index (χ1) is 24.8. The fourth-order valence-electron chi connectivity index (χ4n) is 5.96. The van der Waals surface area contributed by atoms with Crippen LogP contribution in [0.2, 0.25) is 0 Å². The maximum atomic E-state index is 13.5. The van der Waals surface area contributed by atoms with Gasteiger partial charge in [-0.1, -0.05) is 18.2 Å². The first kappa shape index (κ1) is 34.9. The van der Waals surface area contributed by atoms with Gasteiger partial charge in [0.25, 0.3) is 0 Å². The van der Waals surface area contributed by atoms with Gasteiger partial charge in [-0.05, 0) is 55.7 Å². The molecule has 0 fully saturated rings. The number of rotatable bonds is 6. The van der Waals surface area contributed by atoms with Gasteiger partial charge in [0.05, 0.1) is 34.9 Å². The highest BCUT2D eigenvalue weighted by atomic mass is 27.3. The van der Waals surface area contributed by atoms with E-state index in [-0.39, 0.29) is 69.8 Å². The number of carbonyl (C=O) groups is 6. The van der Waals surface area contributed by atoms with Crippen LogP contribution in [0.4, 0.5) is 0 Å². The molecule has 52 heavy (non-hydrogen) atoms. The van der Waals surface area contributed by atoms with Crippen molar-refractivity contribution in [1.82, 2.24) is 15.0 Å². The number of aromatic nitrogens is 3. The van der Waals surface area contributed by atoms with E-state index in [9.17, 15) is 44.6 Å². The van der Waals surface area contributed by atoms with Crippen molar-refractivity contribution in [3.05, 3.63) is 104 Å². The van der Waals surface area contributed by atoms with E-state index in [0.29, 0.717) is 16.7 Å². The van der Waals surface area contributed by atoms with Gasteiger partial charge < -0.3 is 11.4 Å². The molecule has 0 radical (unpaired) electrons. The van der Waals surface area contributed by atoms with Gasteiger partial charge in [0.15, 0.2) is 17.3 Å². The lowest BCUT2D eigenvalue weighted by Gasteiger charge is -2.18. The molecule has 0 N–H and O–H groups in total. The van der Waals surface area contributed by atoms with Gasteiger partial charge in [-0.3, -0.25) is 14.4 Å². The van der Waals surface area contributed by atoms with Crippen molar-refractivity contribution in [1.29, 1.82) is 15.8 Å². The molecule has 252 valence electrons. The SMILES string of the molecule is Cc1cc(C(=O)[O][Al]([O]C(=O)c2cc(C)c3c(n2)C(=O)CC=C3C#N)[O]C(=O)c2cc(C)c3c(n2)C(=O)CC=C3C#N)nc2c1C(C#N)=CCC2=O. The number of fused-ring (bicyclic) bond motifs is 3. The molecule has 3 aliphatic carbocycles. The lowest BCUT2D eigenvalue weighted by molar-refractivity contribution is 0.0402. The van der Waals surface area contributed by atoms with Crippen molar-refractivity contribution >= 4 is 67.1 Å². The third-order valence-electron chi connectivity index (χ3n) is 8.32. The third-order valence-corrected chi connectivity index (χ3v) is 9.54. The number of nitrogens with zero attached hydrogens (tertiary/aromatic N) is 6. The van der Waals surface area contributed by atoms with Crippen LogP contribution >= 0.6 is 0 Å². The Morgan fingerprint density at radius 3 is 1.08 bits per heavy atom. The minimum atomic E-state index is -4.27. The lowest BCUT2D eigenvalue weighted by atomic mass is 9.91. The zero-order valence-electron chi connectivity index (χ0n) is 27.5. The zero-order valence-corrected chi connectivity index (χ0v) is 28.7. The molecule has 3 aromatic rings. The molecular formula is C36H21AlN6O9. The number of hydrogen-bond donors (Lipinski definition) is 0. The number of pyridine rings is 3. The largest absolute Gasteiger partial charge is 1.20 e. The van der Waals surface area contributed by atoms with E-state index in [1.807, 2.05) is 18.2 Å². The molecule has 0 amide bonds. The Bertz CT molecular complexity index is 2190. The Hall–Kier alpha value is -6.91. The van der Waals surface area contributed by atoms with E-state index in [1.165, 1.54) is 36.4 Å². The highest BCUT2D eigenvalue weighted by molar-refractivity contribution is 6.45. The van der Waals surface area contributed by atoms with Crippen molar-refractivity contribution < 1.29 is 40.1 Å². The van der Waals surface area contributed by atoms with Gasteiger partial charge in [0.1, 0.15) is 34.2 Å². The summed E-state index contributed by atoms with van der Waals surface area (Å²) in [7, 11) is 0. The average Bonchev–Trinajstić information content (AvgIpc) is 3.12. The minimum absolute atomic E-state index is 0.129. The Kier molecular flexibility index (Phi) is 9.26. The number of nitriles is 3. The highest BCUT2D eigenvalue weighted by Crippen LogP contribution is 2.31. The number of ketones is 3. The van der Waals surface area contributed by atoms with Gasteiger partial charge in [0, 0.05) is 36.0 Å². The monoisotopic (exact) mass is 708 g/mol. The topological polar surface area (TPSA) is 240 Å². The molecule has 16 heteroatoms. The fraction of sp³-hybridized carbons (Fsp3) is 0.167. The van der Waals surface area contributed by atoms with Crippen molar-refractivity contribution in [2.75, 3.05) is 0 Å². The van der Waals surface area contributed by atoms with Crippen LogP contribution < -0.4 is 0 Å². The maximum absolute atomic E-state index is 13.5. The Morgan fingerprint density at radius 1 is 0.558 bits per heavy atom. The zero-order chi connectivity index (χ0) is 37.4. The van der Waals surface area contributed by atoms with Crippen LogP contribution in [-0.2, 0) is 11.4 Å². The summed E-state index contributed by atoms with van der Waals surface area (Å²) in [6.45, 7) is 4.64. The van der Waals surface area contributed by atoms with Crippen molar-refractivity contribution in [2.45, 2.75) is 40.0 Å². The Labute approximate surface area is 299 Å². The molecule has 15 nitrogen and oxygen atoms in total. The molecule has 0 spiro atoms. The Balaban J connectivity index is 1.35. The Morgan fingerprint density at radius 2 is 0.827 bits per heavy atom. The van der Waals surface area contributed by atoms with E-state index >= 15 is 0 Å². The average molecular weight is 709 g/mol. The second kappa shape index (κ2) is 13.8. The number of allylic oxidation sites excluding steroid dienone is 6. The van der Waals surface area contributed by atoms with Crippen LogP contribution in [0.15, 0.2) is 36.4 Å². The van der Waals surface area contributed by atoms with Crippen LogP contribution in [0.3, 0.4) is 0 Å². The molecule has 3 aromatic heterocycles. The summed E-state index contributed by atoms with van der Waals surface area (Å²) in [5.74, 6) is -5.12. The molecule has 0 unspecified atom stereocenters. The molecule has 3 aliphatic rings. The predicted octanol–water partition coefficient (Wildman–Crippen LogP) is 4.13. The van der Waals surface area contributed by atoms with Crippen LogP contribution in [0.1, 0.15) is 116 Å². The van der Waals surface area contributed by atoms with Gasteiger partial charge in [0.2, 0.25) is 0 Å². The summed E-state index contributed by atoms with van der Waals surface area (Å²) in [6, 6.07) is 9.73. The summed E-state index contributed by atoms with van der Waals surface area (Å²) in [4.78, 5) is 90.8. The van der Waals surface area contributed by atoms with E-state index in [2.05, 4.69) is 15.0 Å². The summed E-state index contributed by atoms with van der Waals surface area (Å²) in [6.07, 6.45) is 3.95. The van der Waals surface area contributed by atoms with Gasteiger partial charge in [-0.25, -0.2) is 29.3 Å². The quantitative estimate of drug-likeness (QED) is 0.327. The molecule has 0 atom stereocenters. The summed E-state index contributed by atoms with van der Waals surface area (Å²) in [5.41, 5.74) is 0.684. The van der Waals surface area contributed by atoms with Crippen LogP contribution in [0.25, 0.3) is 16.7 Å². The second-order valence-corrected chi connectivity index (χ2v) is 13.0. The summed E-state index contributed by atoms with van der Waals surface area (Å²) in [5, 5.41) is 28.6. The molecule has 6 rings (SSSR count). The molecule has 0 saturated carbocycles. The molecule has 0 bridgehead atoms. The summed E-state index contributed by atoms with van der Waals surface area (Å²) >= 11 is -4.27. The maximum Gasteiger partial charge on any atom is 1.20 e. The first-order valence-corrected chi connectivity index (χ1v) is 16.9. The van der Waals surface area contributed by atoms with Gasteiger partial charge in [-0.15, -0.1) is 0 Å². The third kappa shape index (κ3) is 6.30. The number of hydrogen-bond acceptors (Lipinski definition) is 15.